The first-order valence-electron chi connectivity index (χ1n) is 5.97. The molecule has 1 aromatic carbocycles. The average Bonchev–Trinajstić information content (AvgIpc) is 2.35. The van der Waals surface area contributed by atoms with Crippen LogP contribution in [0.3, 0.4) is 0 Å². The molecule has 0 aliphatic carbocycles. The maximum atomic E-state index is 13.4. The van der Waals surface area contributed by atoms with E-state index in [0.717, 1.165) is 19.2 Å². The van der Waals surface area contributed by atoms with Gasteiger partial charge in [0, 0.05) is 37.3 Å². The molecule has 19 heavy (non-hydrogen) atoms. The molecule has 5 nitrogen and oxygen atoms in total. The molecule has 0 aliphatic rings. The quantitative estimate of drug-likeness (QED) is 0.468. The molecule has 0 saturated carbocycles. The first-order valence-corrected chi connectivity index (χ1v) is 5.97. The molecule has 0 heterocycles. The number of nitrogens with zero attached hydrogens (tertiary/aromatic N) is 2. The van der Waals surface area contributed by atoms with Gasteiger partial charge in [0.15, 0.2) is 0 Å². The Bertz CT molecular complexity index is 455. The van der Waals surface area contributed by atoms with Crippen LogP contribution in [0.4, 0.5) is 14.5 Å². The molecular formula is C12H17F2N3O2. The molecule has 0 aromatic heterocycles. The molecule has 0 aliphatic heterocycles. The second-order valence-corrected chi connectivity index (χ2v) is 4.22. The molecule has 106 valence electrons. The highest BCUT2D eigenvalue weighted by Gasteiger charge is 2.18. The Morgan fingerprint density at radius 2 is 2.05 bits per heavy atom. The zero-order valence-corrected chi connectivity index (χ0v) is 10.9. The molecule has 7 heteroatoms. The molecule has 0 atom stereocenters. The summed E-state index contributed by atoms with van der Waals surface area (Å²) in [4.78, 5) is 11.8. The van der Waals surface area contributed by atoms with Crippen LogP contribution in [0.1, 0.15) is 12.5 Å². The van der Waals surface area contributed by atoms with Gasteiger partial charge in [-0.15, -0.1) is 0 Å². The van der Waals surface area contributed by atoms with Crippen molar-refractivity contribution in [1.29, 1.82) is 0 Å². The number of nitrogens with one attached hydrogen (secondary N) is 1. The summed E-state index contributed by atoms with van der Waals surface area (Å²) in [6.07, 6.45) is 0. The normalized spacial score (nSPS) is 11.0. The Kier molecular flexibility index (Phi) is 5.78. The van der Waals surface area contributed by atoms with Crippen LogP contribution in [0.15, 0.2) is 12.1 Å². The van der Waals surface area contributed by atoms with Gasteiger partial charge in [0.25, 0.3) is 0 Å². The third kappa shape index (κ3) is 4.53. The summed E-state index contributed by atoms with van der Waals surface area (Å²) in [5, 5.41) is 13.5. The van der Waals surface area contributed by atoms with E-state index in [1.807, 2.05) is 14.0 Å². The molecular weight excluding hydrogens is 256 g/mol. The van der Waals surface area contributed by atoms with Crippen LogP contribution in [0.5, 0.6) is 0 Å². The van der Waals surface area contributed by atoms with Gasteiger partial charge in [-0.3, -0.25) is 10.1 Å². The first-order chi connectivity index (χ1) is 8.95. The van der Waals surface area contributed by atoms with Gasteiger partial charge in [0.1, 0.15) is 5.82 Å². The van der Waals surface area contributed by atoms with E-state index in [0.29, 0.717) is 12.6 Å². The maximum Gasteiger partial charge on any atom is 0.305 e. The zero-order chi connectivity index (χ0) is 14.4. The minimum Gasteiger partial charge on any atom is -0.311 e. The lowest BCUT2D eigenvalue weighted by atomic mass is 10.2. The minimum atomic E-state index is -1.16. The Morgan fingerprint density at radius 3 is 2.63 bits per heavy atom. The summed E-state index contributed by atoms with van der Waals surface area (Å²) in [5.74, 6) is -1.93. The molecule has 1 rings (SSSR count). The molecule has 1 aromatic rings. The standard InChI is InChI=1S/C12H17F2N3O2/c1-3-16(2)5-4-15-8-9-6-12(17(18)19)11(14)7-10(9)13/h6-7,15H,3-5,8H2,1-2H3. The Balaban J connectivity index is 2.63. The van der Waals surface area contributed by atoms with Crippen molar-refractivity contribution in [2.24, 2.45) is 0 Å². The minimum absolute atomic E-state index is 0.0900. The number of nitro benzene ring substituents is 1. The first kappa shape index (κ1) is 15.5. The van der Waals surface area contributed by atoms with Gasteiger partial charge in [-0.1, -0.05) is 6.92 Å². The molecule has 1 N–H and O–H groups in total. The smallest absolute Gasteiger partial charge is 0.305 e. The number of likely N-dealkylation sites (N-methyl/N-ethyl adjacent to an activating group) is 1. The van der Waals surface area contributed by atoms with Crippen molar-refractivity contribution in [2.75, 3.05) is 26.7 Å². The Hall–Kier alpha value is -1.60. The van der Waals surface area contributed by atoms with Gasteiger partial charge in [0.2, 0.25) is 5.82 Å². The Morgan fingerprint density at radius 1 is 1.37 bits per heavy atom. The largest absolute Gasteiger partial charge is 0.311 e. The van der Waals surface area contributed by atoms with Gasteiger partial charge in [-0.05, 0) is 13.6 Å². The number of hydrogen-bond donors (Lipinski definition) is 1. The van der Waals surface area contributed by atoms with Crippen LogP contribution >= 0.6 is 0 Å². The lowest BCUT2D eigenvalue weighted by molar-refractivity contribution is -0.387. The molecule has 0 spiro atoms. The molecule has 0 bridgehead atoms. The van der Waals surface area contributed by atoms with Crippen LogP contribution in [0.2, 0.25) is 0 Å². The second-order valence-electron chi connectivity index (χ2n) is 4.22. The van der Waals surface area contributed by atoms with E-state index in [-0.39, 0.29) is 12.1 Å². The molecule has 0 amide bonds. The van der Waals surface area contributed by atoms with E-state index in [1.54, 1.807) is 0 Å². The molecule has 0 fully saturated rings. The lowest BCUT2D eigenvalue weighted by Crippen LogP contribution is -2.29. The predicted molar refractivity (Wildman–Crippen MR) is 67.9 cm³/mol. The van der Waals surface area contributed by atoms with E-state index in [4.69, 9.17) is 0 Å². The predicted octanol–water partition coefficient (Wildman–Crippen LogP) is 1.91. The topological polar surface area (TPSA) is 58.4 Å². The Labute approximate surface area is 110 Å². The summed E-state index contributed by atoms with van der Waals surface area (Å²) in [6.45, 7) is 4.45. The monoisotopic (exact) mass is 273 g/mol. The fourth-order valence-corrected chi connectivity index (χ4v) is 1.51. The third-order valence-corrected chi connectivity index (χ3v) is 2.84. The summed E-state index contributed by atoms with van der Waals surface area (Å²) in [6, 6.07) is 1.48. The number of nitro groups is 1. The average molecular weight is 273 g/mol. The van der Waals surface area contributed by atoms with Crippen molar-refractivity contribution in [2.45, 2.75) is 13.5 Å². The van der Waals surface area contributed by atoms with Crippen LogP contribution in [0, 0.1) is 21.7 Å². The van der Waals surface area contributed by atoms with Crippen molar-refractivity contribution < 1.29 is 13.7 Å². The van der Waals surface area contributed by atoms with E-state index < -0.39 is 22.2 Å². The van der Waals surface area contributed by atoms with Crippen molar-refractivity contribution in [3.63, 3.8) is 0 Å². The van der Waals surface area contributed by atoms with E-state index in [1.165, 1.54) is 0 Å². The van der Waals surface area contributed by atoms with Crippen LogP contribution in [-0.2, 0) is 6.54 Å². The van der Waals surface area contributed by atoms with Crippen LogP contribution in [-0.4, -0.2) is 36.5 Å². The molecule has 0 saturated heterocycles. The maximum absolute atomic E-state index is 13.4. The van der Waals surface area contributed by atoms with Gasteiger partial charge >= 0.3 is 5.69 Å². The van der Waals surface area contributed by atoms with Crippen molar-refractivity contribution >= 4 is 5.69 Å². The second kappa shape index (κ2) is 7.10. The number of hydrogen-bond acceptors (Lipinski definition) is 4. The summed E-state index contributed by atoms with van der Waals surface area (Å²) >= 11 is 0. The lowest BCUT2D eigenvalue weighted by Gasteiger charge is -2.14. The zero-order valence-electron chi connectivity index (χ0n) is 10.9. The fraction of sp³-hybridized carbons (Fsp3) is 0.500. The van der Waals surface area contributed by atoms with Crippen molar-refractivity contribution in [3.8, 4) is 0 Å². The van der Waals surface area contributed by atoms with Gasteiger partial charge in [-0.2, -0.15) is 4.39 Å². The molecule has 0 unspecified atom stereocenters. The van der Waals surface area contributed by atoms with Crippen LogP contribution < -0.4 is 5.32 Å². The molecule has 0 radical (unpaired) electrons. The summed E-state index contributed by atoms with van der Waals surface area (Å²) in [7, 11) is 1.95. The van der Waals surface area contributed by atoms with Gasteiger partial charge < -0.3 is 10.2 Å². The van der Waals surface area contributed by atoms with Gasteiger partial charge in [0.05, 0.1) is 4.92 Å². The fourth-order valence-electron chi connectivity index (χ4n) is 1.51. The highest BCUT2D eigenvalue weighted by atomic mass is 19.1. The van der Waals surface area contributed by atoms with Gasteiger partial charge in [-0.25, -0.2) is 4.39 Å². The third-order valence-electron chi connectivity index (χ3n) is 2.84. The van der Waals surface area contributed by atoms with Crippen LogP contribution in [0.25, 0.3) is 0 Å². The SMILES string of the molecule is CCN(C)CCNCc1cc([N+](=O)[O-])c(F)cc1F. The van der Waals surface area contributed by atoms with E-state index >= 15 is 0 Å². The highest BCUT2D eigenvalue weighted by molar-refractivity contribution is 5.37. The number of benzene rings is 1. The summed E-state index contributed by atoms with van der Waals surface area (Å²) in [5.41, 5.74) is -0.615. The van der Waals surface area contributed by atoms with E-state index in [9.17, 15) is 18.9 Å². The summed E-state index contributed by atoms with van der Waals surface area (Å²) < 4.78 is 26.5. The van der Waals surface area contributed by atoms with Crippen molar-refractivity contribution in [1.82, 2.24) is 10.2 Å². The van der Waals surface area contributed by atoms with Crippen molar-refractivity contribution in [3.05, 3.63) is 39.4 Å². The number of rotatable bonds is 7. The van der Waals surface area contributed by atoms with E-state index in [2.05, 4.69) is 10.2 Å². The number of halogens is 2. The highest BCUT2D eigenvalue weighted by Crippen LogP contribution is 2.21.